The van der Waals surface area contributed by atoms with Crippen LogP contribution in [0.4, 0.5) is 37.7 Å². The van der Waals surface area contributed by atoms with E-state index in [4.69, 9.17) is 0 Å². The normalized spacial score (nSPS) is 20.4. The molecule has 2 atom stereocenters. The van der Waals surface area contributed by atoms with Crippen LogP contribution < -0.4 is 10.6 Å². The molecule has 1 aromatic rings. The standard InChI is InChI=1S/C24H24F6N4O4/c25-23(26,27)19(35)9-13-33-11-1-3-17(33)21(37)31-15-5-7-16(8-6-15)32-22(38)18-4-2-12-34(18)14-10-20(36)24(28,29)30/h5-10,13-14,17-18H,1-4,11-12H2,(H,31,37)(H,32,38)/b13-9+,14-10+. The second kappa shape index (κ2) is 11.7. The predicted octanol–water partition coefficient (Wildman–Crippen LogP) is 3.78. The highest BCUT2D eigenvalue weighted by Gasteiger charge is 2.38. The maximum atomic E-state index is 12.6. The van der Waals surface area contributed by atoms with Crippen molar-refractivity contribution in [1.29, 1.82) is 0 Å². The van der Waals surface area contributed by atoms with Gasteiger partial charge in [-0.05, 0) is 49.9 Å². The average Bonchev–Trinajstić information content (AvgIpc) is 3.50. The number of anilines is 2. The van der Waals surface area contributed by atoms with Crippen LogP contribution in [0.5, 0.6) is 0 Å². The van der Waals surface area contributed by atoms with Gasteiger partial charge in [0.25, 0.3) is 11.6 Å². The van der Waals surface area contributed by atoms with E-state index in [-0.39, 0.29) is 0 Å². The highest BCUT2D eigenvalue weighted by atomic mass is 19.4. The van der Waals surface area contributed by atoms with E-state index >= 15 is 0 Å². The Morgan fingerprint density at radius 1 is 0.684 bits per heavy atom. The number of nitrogens with one attached hydrogen (secondary N) is 2. The Labute approximate surface area is 213 Å². The minimum absolute atomic E-state index is 0.308. The van der Waals surface area contributed by atoms with E-state index in [9.17, 15) is 45.5 Å². The van der Waals surface area contributed by atoms with Crippen molar-refractivity contribution in [3.8, 4) is 0 Å². The number of hydrogen-bond donors (Lipinski definition) is 2. The highest BCUT2D eigenvalue weighted by Crippen LogP contribution is 2.24. The first-order valence-corrected chi connectivity index (χ1v) is 11.6. The molecule has 0 spiro atoms. The molecule has 0 aromatic heterocycles. The number of rotatable bonds is 8. The zero-order valence-corrected chi connectivity index (χ0v) is 19.8. The third kappa shape index (κ3) is 7.59. The number of amides is 2. The van der Waals surface area contributed by atoms with Crippen LogP contribution in [-0.4, -0.2) is 70.7 Å². The largest absolute Gasteiger partial charge is 0.454 e. The maximum absolute atomic E-state index is 12.6. The lowest BCUT2D eigenvalue weighted by atomic mass is 10.2. The number of allylic oxidation sites excluding steroid dienone is 2. The third-order valence-electron chi connectivity index (χ3n) is 6.01. The minimum atomic E-state index is -5.00. The molecule has 206 valence electrons. The number of ketones is 2. The molecule has 2 unspecified atom stereocenters. The second-order valence-electron chi connectivity index (χ2n) is 8.70. The molecule has 3 rings (SSSR count). The van der Waals surface area contributed by atoms with Crippen molar-refractivity contribution >= 4 is 34.8 Å². The van der Waals surface area contributed by atoms with Crippen LogP contribution >= 0.6 is 0 Å². The van der Waals surface area contributed by atoms with Crippen molar-refractivity contribution in [2.24, 2.45) is 0 Å². The van der Waals surface area contributed by atoms with Gasteiger partial charge in [-0.3, -0.25) is 19.2 Å². The van der Waals surface area contributed by atoms with Crippen molar-refractivity contribution in [3.63, 3.8) is 0 Å². The summed E-state index contributed by atoms with van der Waals surface area (Å²) in [5.74, 6) is -5.00. The number of carbonyl (C=O) groups is 4. The van der Waals surface area contributed by atoms with Crippen molar-refractivity contribution in [1.82, 2.24) is 9.80 Å². The molecule has 1 aromatic carbocycles. The first kappa shape index (κ1) is 28.7. The van der Waals surface area contributed by atoms with Gasteiger partial charge in [0.1, 0.15) is 12.1 Å². The Hall–Kier alpha value is -3.84. The summed E-state index contributed by atoms with van der Waals surface area (Å²) >= 11 is 0. The molecule has 14 heteroatoms. The zero-order valence-electron chi connectivity index (χ0n) is 19.8. The maximum Gasteiger partial charge on any atom is 0.454 e. The molecule has 2 amide bonds. The Morgan fingerprint density at radius 3 is 1.34 bits per heavy atom. The van der Waals surface area contributed by atoms with Gasteiger partial charge in [-0.1, -0.05) is 0 Å². The molecule has 2 aliphatic heterocycles. The number of hydrogen-bond acceptors (Lipinski definition) is 6. The predicted molar refractivity (Wildman–Crippen MR) is 124 cm³/mol. The van der Waals surface area contributed by atoms with Gasteiger partial charge in [0.05, 0.1) is 0 Å². The van der Waals surface area contributed by atoms with Gasteiger partial charge in [0, 0.05) is 49.0 Å². The molecule has 2 aliphatic rings. The fourth-order valence-corrected chi connectivity index (χ4v) is 4.10. The van der Waals surface area contributed by atoms with Gasteiger partial charge in [0.15, 0.2) is 0 Å². The summed E-state index contributed by atoms with van der Waals surface area (Å²) in [6.07, 6.45) is -5.43. The highest BCUT2D eigenvalue weighted by molar-refractivity contribution is 5.98. The number of carbonyl (C=O) groups excluding carboxylic acids is 4. The quantitative estimate of drug-likeness (QED) is 0.381. The molecule has 8 nitrogen and oxygen atoms in total. The van der Waals surface area contributed by atoms with Gasteiger partial charge in [-0.25, -0.2) is 0 Å². The fraction of sp³-hybridized carbons (Fsp3) is 0.417. The molecular weight excluding hydrogens is 522 g/mol. The van der Waals surface area contributed by atoms with E-state index in [1.165, 1.54) is 34.1 Å². The Balaban J connectivity index is 1.55. The van der Waals surface area contributed by atoms with E-state index < -0.39 is 47.8 Å². The molecule has 38 heavy (non-hydrogen) atoms. The van der Waals surface area contributed by atoms with Crippen LogP contribution in [-0.2, 0) is 19.2 Å². The first-order valence-electron chi connectivity index (χ1n) is 11.6. The summed E-state index contributed by atoms with van der Waals surface area (Å²) in [5, 5.41) is 5.28. The van der Waals surface area contributed by atoms with Crippen LogP contribution in [0.2, 0.25) is 0 Å². The van der Waals surface area contributed by atoms with Crippen LogP contribution in [0.15, 0.2) is 48.8 Å². The van der Waals surface area contributed by atoms with E-state index in [1.54, 1.807) is 0 Å². The van der Waals surface area contributed by atoms with Gasteiger partial charge in [-0.2, -0.15) is 26.3 Å². The number of likely N-dealkylation sites (tertiary alicyclic amines) is 2. The lowest BCUT2D eigenvalue weighted by molar-refractivity contribution is -0.165. The lowest BCUT2D eigenvalue weighted by Gasteiger charge is -2.22. The third-order valence-corrected chi connectivity index (χ3v) is 6.01. The lowest BCUT2D eigenvalue weighted by Crippen LogP contribution is -2.37. The van der Waals surface area contributed by atoms with Crippen molar-refractivity contribution < 1.29 is 45.5 Å². The summed E-state index contributed by atoms with van der Waals surface area (Å²) in [6.45, 7) is 0.616. The SMILES string of the molecule is O=C(Nc1ccc(NC(=O)C2CCCN2/C=C/C(=O)C(F)(F)F)cc1)C1CCCN1/C=C/C(=O)C(F)(F)F. The number of nitrogens with zero attached hydrogens (tertiary/aromatic N) is 2. The summed E-state index contributed by atoms with van der Waals surface area (Å²) < 4.78 is 74.4. The van der Waals surface area contributed by atoms with Gasteiger partial charge < -0.3 is 20.4 Å². The molecule has 0 radical (unpaired) electrons. The fourth-order valence-electron chi connectivity index (χ4n) is 4.10. The Kier molecular flexibility index (Phi) is 8.84. The van der Waals surface area contributed by atoms with Crippen molar-refractivity contribution in [3.05, 3.63) is 48.8 Å². The zero-order chi connectivity index (χ0) is 28.1. The van der Waals surface area contributed by atoms with E-state index in [2.05, 4.69) is 10.6 Å². The summed E-state index contributed by atoms with van der Waals surface area (Å²) in [6, 6.07) is 4.43. The van der Waals surface area contributed by atoms with E-state index in [1.807, 2.05) is 0 Å². The molecule has 0 saturated carbocycles. The minimum Gasteiger partial charge on any atom is -0.365 e. The van der Waals surface area contributed by atoms with Crippen molar-refractivity contribution in [2.45, 2.75) is 50.1 Å². The molecule has 2 saturated heterocycles. The smallest absolute Gasteiger partial charge is 0.365 e. The molecule has 0 aliphatic carbocycles. The van der Waals surface area contributed by atoms with Gasteiger partial charge >= 0.3 is 12.4 Å². The molecule has 2 heterocycles. The molecule has 2 fully saturated rings. The van der Waals surface area contributed by atoms with Crippen LogP contribution in [0.1, 0.15) is 25.7 Å². The molecule has 0 bridgehead atoms. The van der Waals surface area contributed by atoms with Gasteiger partial charge in [-0.15, -0.1) is 0 Å². The molecular formula is C24H24F6N4O4. The summed E-state index contributed by atoms with van der Waals surface area (Å²) in [4.78, 5) is 50.1. The van der Waals surface area contributed by atoms with Gasteiger partial charge in [0.2, 0.25) is 11.8 Å². The van der Waals surface area contributed by atoms with Crippen LogP contribution in [0.3, 0.4) is 0 Å². The van der Waals surface area contributed by atoms with E-state index in [0.29, 0.717) is 62.3 Å². The van der Waals surface area contributed by atoms with Crippen LogP contribution in [0, 0.1) is 0 Å². The van der Waals surface area contributed by atoms with Crippen LogP contribution in [0.25, 0.3) is 0 Å². The summed E-state index contributed by atoms with van der Waals surface area (Å²) in [5.41, 5.74) is 0.706. The Bertz CT molecular complexity index is 1030. The topological polar surface area (TPSA) is 98.8 Å². The van der Waals surface area contributed by atoms with E-state index in [0.717, 1.165) is 12.4 Å². The second-order valence-corrected chi connectivity index (χ2v) is 8.70. The number of halogens is 6. The number of benzene rings is 1. The number of alkyl halides is 6. The first-order chi connectivity index (χ1) is 17.8. The summed E-state index contributed by atoms with van der Waals surface area (Å²) in [7, 11) is 0. The molecule has 2 N–H and O–H groups in total. The van der Waals surface area contributed by atoms with Crippen molar-refractivity contribution in [2.75, 3.05) is 23.7 Å². The monoisotopic (exact) mass is 546 g/mol. The average molecular weight is 546 g/mol. The Morgan fingerprint density at radius 2 is 1.03 bits per heavy atom.